The predicted octanol–water partition coefficient (Wildman–Crippen LogP) is 4.68. The number of carbonyl (C=O) groups is 1. The van der Waals surface area contributed by atoms with E-state index in [4.69, 9.17) is 21.4 Å². The topological polar surface area (TPSA) is 46.5 Å². The first kappa shape index (κ1) is 15.1. The number of hydrogen-bond donors (Lipinski definition) is 1. The maximum absolute atomic E-state index is 13.5. The van der Waals surface area contributed by atoms with Gasteiger partial charge in [-0.25, -0.2) is 9.18 Å². The average Bonchev–Trinajstić information content (AvgIpc) is 2.43. The van der Waals surface area contributed by atoms with Crippen LogP contribution in [0.15, 0.2) is 42.5 Å². The van der Waals surface area contributed by atoms with Gasteiger partial charge in [0, 0.05) is 17.7 Å². The molecule has 0 saturated carbocycles. The Morgan fingerprint density at radius 2 is 2.10 bits per heavy atom. The van der Waals surface area contributed by atoms with Gasteiger partial charge in [0.25, 0.3) is 0 Å². The molecule has 0 spiro atoms. The molecule has 21 heavy (non-hydrogen) atoms. The normalized spacial score (nSPS) is 10.8. The summed E-state index contributed by atoms with van der Waals surface area (Å²) >= 11 is 6.07. The van der Waals surface area contributed by atoms with Crippen LogP contribution in [-0.4, -0.2) is 11.1 Å². The van der Waals surface area contributed by atoms with Crippen LogP contribution in [0.4, 0.5) is 4.39 Å². The molecule has 0 aliphatic carbocycles. The Morgan fingerprint density at radius 1 is 1.33 bits per heavy atom. The van der Waals surface area contributed by atoms with E-state index in [9.17, 15) is 9.18 Å². The lowest BCUT2D eigenvalue weighted by Gasteiger charge is -2.11. The van der Waals surface area contributed by atoms with Gasteiger partial charge in [-0.15, -0.1) is 0 Å². The van der Waals surface area contributed by atoms with E-state index < -0.39 is 5.97 Å². The minimum Gasteiger partial charge on any atom is -0.478 e. The SMILES string of the molecule is Cc1ccc(Oc2c(Cl)cccc2/C=C/C(=O)O)cc1F. The van der Waals surface area contributed by atoms with Gasteiger partial charge >= 0.3 is 5.97 Å². The van der Waals surface area contributed by atoms with Crippen molar-refractivity contribution >= 4 is 23.6 Å². The van der Waals surface area contributed by atoms with Crippen molar-refractivity contribution in [2.75, 3.05) is 0 Å². The van der Waals surface area contributed by atoms with E-state index in [0.717, 1.165) is 6.08 Å². The van der Waals surface area contributed by atoms with Crippen LogP contribution < -0.4 is 4.74 Å². The number of para-hydroxylation sites is 1. The number of rotatable bonds is 4. The minimum atomic E-state index is -1.08. The Bertz CT molecular complexity index is 711. The van der Waals surface area contributed by atoms with Crippen LogP contribution in [0, 0.1) is 12.7 Å². The van der Waals surface area contributed by atoms with E-state index >= 15 is 0 Å². The Labute approximate surface area is 126 Å². The first-order chi connectivity index (χ1) is 9.97. The van der Waals surface area contributed by atoms with Gasteiger partial charge in [0.15, 0.2) is 5.75 Å². The van der Waals surface area contributed by atoms with Gasteiger partial charge in [0.05, 0.1) is 5.02 Å². The molecule has 3 nitrogen and oxygen atoms in total. The third-order valence-electron chi connectivity index (χ3n) is 2.77. The predicted molar refractivity (Wildman–Crippen MR) is 79.3 cm³/mol. The maximum Gasteiger partial charge on any atom is 0.328 e. The van der Waals surface area contributed by atoms with Crippen molar-refractivity contribution in [2.45, 2.75) is 6.92 Å². The molecule has 5 heteroatoms. The number of benzene rings is 2. The molecule has 2 aromatic rings. The van der Waals surface area contributed by atoms with Crippen molar-refractivity contribution in [1.29, 1.82) is 0 Å². The number of halogens is 2. The van der Waals surface area contributed by atoms with Crippen molar-refractivity contribution in [3.05, 3.63) is 64.4 Å². The van der Waals surface area contributed by atoms with Gasteiger partial charge in [-0.2, -0.15) is 0 Å². The van der Waals surface area contributed by atoms with Crippen LogP contribution >= 0.6 is 11.6 Å². The maximum atomic E-state index is 13.5. The summed E-state index contributed by atoms with van der Waals surface area (Å²) in [7, 11) is 0. The van der Waals surface area contributed by atoms with Gasteiger partial charge in [-0.3, -0.25) is 0 Å². The van der Waals surface area contributed by atoms with Gasteiger partial charge in [-0.05, 0) is 30.7 Å². The Morgan fingerprint density at radius 3 is 2.76 bits per heavy atom. The zero-order valence-corrected chi connectivity index (χ0v) is 11.9. The van der Waals surface area contributed by atoms with E-state index in [0.29, 0.717) is 16.1 Å². The van der Waals surface area contributed by atoms with Gasteiger partial charge in [0.1, 0.15) is 11.6 Å². The Balaban J connectivity index is 2.38. The summed E-state index contributed by atoms with van der Waals surface area (Å²) in [5.74, 6) is -0.902. The molecule has 0 aliphatic heterocycles. The summed E-state index contributed by atoms with van der Waals surface area (Å²) < 4.78 is 19.1. The van der Waals surface area contributed by atoms with Crippen LogP contribution in [0.1, 0.15) is 11.1 Å². The second-order valence-corrected chi connectivity index (χ2v) is 4.75. The lowest BCUT2D eigenvalue weighted by atomic mass is 10.2. The fourth-order valence-corrected chi connectivity index (χ4v) is 1.90. The lowest BCUT2D eigenvalue weighted by Crippen LogP contribution is -1.92. The van der Waals surface area contributed by atoms with E-state index in [1.807, 2.05) is 0 Å². The molecule has 0 aliphatic rings. The summed E-state index contributed by atoms with van der Waals surface area (Å²) in [5.41, 5.74) is 0.999. The summed E-state index contributed by atoms with van der Waals surface area (Å²) in [6.45, 7) is 1.65. The smallest absolute Gasteiger partial charge is 0.328 e. The van der Waals surface area contributed by atoms with Crippen molar-refractivity contribution < 1.29 is 19.0 Å². The van der Waals surface area contributed by atoms with Crippen LogP contribution in [0.2, 0.25) is 5.02 Å². The van der Waals surface area contributed by atoms with Crippen molar-refractivity contribution in [3.8, 4) is 11.5 Å². The van der Waals surface area contributed by atoms with E-state index in [-0.39, 0.29) is 17.3 Å². The highest BCUT2D eigenvalue weighted by Crippen LogP contribution is 2.34. The average molecular weight is 307 g/mol. The first-order valence-corrected chi connectivity index (χ1v) is 6.48. The van der Waals surface area contributed by atoms with Crippen LogP contribution in [-0.2, 0) is 4.79 Å². The number of hydrogen-bond acceptors (Lipinski definition) is 2. The highest BCUT2D eigenvalue weighted by Gasteiger charge is 2.09. The van der Waals surface area contributed by atoms with Crippen molar-refractivity contribution in [3.63, 3.8) is 0 Å². The monoisotopic (exact) mass is 306 g/mol. The second kappa shape index (κ2) is 6.41. The highest BCUT2D eigenvalue weighted by molar-refractivity contribution is 6.32. The molecule has 2 aromatic carbocycles. The molecule has 0 atom stereocenters. The van der Waals surface area contributed by atoms with Gasteiger partial charge in [-0.1, -0.05) is 29.8 Å². The van der Waals surface area contributed by atoms with E-state index in [2.05, 4.69) is 0 Å². The zero-order chi connectivity index (χ0) is 15.4. The summed E-state index contributed by atoms with van der Waals surface area (Å²) in [6, 6.07) is 9.40. The number of aliphatic carboxylic acids is 1. The number of ether oxygens (including phenoxy) is 1. The largest absolute Gasteiger partial charge is 0.478 e. The molecule has 0 amide bonds. The fourth-order valence-electron chi connectivity index (χ4n) is 1.68. The molecule has 108 valence electrons. The molecule has 0 heterocycles. The lowest BCUT2D eigenvalue weighted by molar-refractivity contribution is -0.131. The molecule has 1 N–H and O–H groups in total. The Hall–Kier alpha value is -2.33. The zero-order valence-electron chi connectivity index (χ0n) is 11.1. The number of carboxylic acid groups (broad SMARTS) is 1. The van der Waals surface area contributed by atoms with Gasteiger partial charge in [0.2, 0.25) is 0 Å². The molecule has 0 aromatic heterocycles. The molecular formula is C16H12ClFO3. The molecule has 0 fully saturated rings. The molecule has 0 unspecified atom stereocenters. The molecule has 2 rings (SSSR count). The number of carboxylic acids is 1. The van der Waals surface area contributed by atoms with E-state index in [1.165, 1.54) is 12.1 Å². The number of aryl methyl sites for hydroxylation is 1. The third kappa shape index (κ3) is 3.83. The summed E-state index contributed by atoms with van der Waals surface area (Å²) in [6.07, 6.45) is 2.35. The van der Waals surface area contributed by atoms with Gasteiger partial charge < -0.3 is 9.84 Å². The Kier molecular flexibility index (Phi) is 4.60. The minimum absolute atomic E-state index is 0.278. The quantitative estimate of drug-likeness (QED) is 0.834. The summed E-state index contributed by atoms with van der Waals surface area (Å²) in [4.78, 5) is 10.6. The molecule has 0 bridgehead atoms. The van der Waals surface area contributed by atoms with Crippen molar-refractivity contribution in [2.24, 2.45) is 0 Å². The van der Waals surface area contributed by atoms with Crippen LogP contribution in [0.5, 0.6) is 11.5 Å². The highest BCUT2D eigenvalue weighted by atomic mass is 35.5. The standard InChI is InChI=1S/C16H12ClFO3/c1-10-5-7-12(9-14(10)18)21-16-11(6-8-15(19)20)3-2-4-13(16)17/h2-9H,1H3,(H,19,20)/b8-6+. The second-order valence-electron chi connectivity index (χ2n) is 4.34. The summed E-state index contributed by atoms with van der Waals surface area (Å²) in [5, 5.41) is 8.99. The van der Waals surface area contributed by atoms with Crippen molar-refractivity contribution in [1.82, 2.24) is 0 Å². The fraction of sp³-hybridized carbons (Fsp3) is 0.0625. The molecule has 0 radical (unpaired) electrons. The van der Waals surface area contributed by atoms with Crippen LogP contribution in [0.25, 0.3) is 6.08 Å². The van der Waals surface area contributed by atoms with E-state index in [1.54, 1.807) is 37.3 Å². The third-order valence-corrected chi connectivity index (χ3v) is 3.06. The molecule has 0 saturated heterocycles. The first-order valence-electron chi connectivity index (χ1n) is 6.11. The molecular weight excluding hydrogens is 295 g/mol. The van der Waals surface area contributed by atoms with Crippen LogP contribution in [0.3, 0.4) is 0 Å².